The molecule has 1 aromatic heterocycles. The highest BCUT2D eigenvalue weighted by atomic mass is 16.5. The number of imide groups is 1. The van der Waals surface area contributed by atoms with Gasteiger partial charge in [0.15, 0.2) is 0 Å². The first-order chi connectivity index (χ1) is 19.4. The van der Waals surface area contributed by atoms with Crippen LogP contribution in [-0.2, 0) is 16.0 Å². The lowest BCUT2D eigenvalue weighted by Crippen LogP contribution is -2.46. The molecule has 4 aromatic rings. The Labute approximate surface area is 230 Å². The first kappa shape index (κ1) is 25.5. The molecule has 3 amide bonds. The van der Waals surface area contributed by atoms with E-state index >= 15 is 0 Å². The molecule has 2 aliphatic heterocycles. The summed E-state index contributed by atoms with van der Waals surface area (Å²) in [7, 11) is 1.29. The number of fused-ring (bicyclic) bond motifs is 3. The summed E-state index contributed by atoms with van der Waals surface area (Å²) >= 11 is 0. The summed E-state index contributed by atoms with van der Waals surface area (Å²) in [6, 6.07) is 20.0. The maximum atomic E-state index is 13.5. The number of esters is 1. The molecule has 2 aliphatic rings. The van der Waals surface area contributed by atoms with Gasteiger partial charge < -0.3 is 15.0 Å². The summed E-state index contributed by atoms with van der Waals surface area (Å²) in [5.41, 5.74) is 5.12. The van der Waals surface area contributed by atoms with Gasteiger partial charge in [0, 0.05) is 24.0 Å². The van der Waals surface area contributed by atoms with E-state index in [0.29, 0.717) is 34.3 Å². The molecule has 202 valence electrons. The zero-order valence-corrected chi connectivity index (χ0v) is 22.2. The average molecular weight is 537 g/mol. The van der Waals surface area contributed by atoms with E-state index in [4.69, 9.17) is 4.74 Å². The van der Waals surface area contributed by atoms with Crippen molar-refractivity contribution in [2.24, 2.45) is 0 Å². The van der Waals surface area contributed by atoms with Crippen LogP contribution < -0.4 is 5.32 Å². The Morgan fingerprint density at radius 2 is 1.70 bits per heavy atom. The first-order valence-corrected chi connectivity index (χ1v) is 13.1. The Kier molecular flexibility index (Phi) is 6.43. The average Bonchev–Trinajstić information content (AvgIpc) is 3.43. The largest absolute Gasteiger partial charge is 0.464 e. The fourth-order valence-electron chi connectivity index (χ4n) is 5.74. The van der Waals surface area contributed by atoms with Gasteiger partial charge in [0.1, 0.15) is 5.69 Å². The van der Waals surface area contributed by atoms with E-state index in [1.807, 2.05) is 54.3 Å². The van der Waals surface area contributed by atoms with Crippen molar-refractivity contribution in [3.63, 3.8) is 0 Å². The molecule has 40 heavy (non-hydrogen) atoms. The molecule has 0 bridgehead atoms. The fraction of sp³-hybridized carbons (Fsp3) is 0.226. The van der Waals surface area contributed by atoms with Gasteiger partial charge in [0.25, 0.3) is 11.8 Å². The van der Waals surface area contributed by atoms with Crippen molar-refractivity contribution < 1.29 is 23.9 Å². The zero-order chi connectivity index (χ0) is 28.0. The van der Waals surface area contributed by atoms with E-state index in [1.54, 1.807) is 24.3 Å². The van der Waals surface area contributed by atoms with E-state index in [0.717, 1.165) is 23.1 Å². The highest BCUT2D eigenvalue weighted by Gasteiger charge is 2.39. The van der Waals surface area contributed by atoms with E-state index in [-0.39, 0.29) is 42.5 Å². The standard InChI is InChI=1S/C31H28N4O5/c1-18-11-12-24-23(15-18)27(28(32-24)31(39)40-2)33-26(36)17-34-14-13-19-7-3-4-8-20(19)25(34)16-35-29(37)21-9-5-6-10-22(21)30(35)38/h3-12,15,25,32H,13-14,16-17H2,1-2H3,(H,33,36)/t25-/m1/s1. The Morgan fingerprint density at radius 3 is 2.42 bits per heavy atom. The second-order valence-electron chi connectivity index (χ2n) is 10.2. The van der Waals surface area contributed by atoms with Gasteiger partial charge >= 0.3 is 5.97 Å². The molecule has 9 nitrogen and oxygen atoms in total. The summed E-state index contributed by atoms with van der Waals surface area (Å²) in [5, 5.41) is 3.64. The van der Waals surface area contributed by atoms with Gasteiger partial charge in [-0.2, -0.15) is 0 Å². The van der Waals surface area contributed by atoms with Gasteiger partial charge in [-0.3, -0.25) is 24.2 Å². The smallest absolute Gasteiger partial charge is 0.356 e. The molecule has 0 aliphatic carbocycles. The summed E-state index contributed by atoms with van der Waals surface area (Å²) in [5.74, 6) is -1.56. The Hall–Kier alpha value is -4.76. The molecule has 0 radical (unpaired) electrons. The number of hydrogen-bond acceptors (Lipinski definition) is 6. The molecule has 0 saturated carbocycles. The van der Waals surface area contributed by atoms with Gasteiger partial charge in [-0.05, 0) is 48.7 Å². The van der Waals surface area contributed by atoms with Gasteiger partial charge in [-0.25, -0.2) is 4.79 Å². The molecule has 3 aromatic carbocycles. The number of H-pyrrole nitrogens is 1. The summed E-state index contributed by atoms with van der Waals surface area (Å²) in [6.07, 6.45) is 0.724. The monoisotopic (exact) mass is 536 g/mol. The number of nitrogens with one attached hydrogen (secondary N) is 2. The lowest BCUT2D eigenvalue weighted by molar-refractivity contribution is -0.118. The topological polar surface area (TPSA) is 112 Å². The van der Waals surface area contributed by atoms with Gasteiger partial charge in [0.05, 0.1) is 36.5 Å². The molecule has 0 saturated heterocycles. The number of benzene rings is 3. The minimum Gasteiger partial charge on any atom is -0.464 e. The quantitative estimate of drug-likeness (QED) is 0.284. The third-order valence-corrected chi connectivity index (χ3v) is 7.71. The van der Waals surface area contributed by atoms with Crippen molar-refractivity contribution in [1.82, 2.24) is 14.8 Å². The van der Waals surface area contributed by atoms with Crippen LogP contribution in [0.2, 0.25) is 0 Å². The molecule has 3 heterocycles. The van der Waals surface area contributed by atoms with Crippen LogP contribution in [0.4, 0.5) is 5.69 Å². The number of anilines is 1. The number of carbonyl (C=O) groups excluding carboxylic acids is 4. The van der Waals surface area contributed by atoms with Crippen molar-refractivity contribution in [3.8, 4) is 0 Å². The molecule has 9 heteroatoms. The Morgan fingerprint density at radius 1 is 1.00 bits per heavy atom. The highest BCUT2D eigenvalue weighted by molar-refractivity contribution is 6.21. The van der Waals surface area contributed by atoms with Crippen molar-refractivity contribution in [2.45, 2.75) is 19.4 Å². The zero-order valence-electron chi connectivity index (χ0n) is 22.2. The van der Waals surface area contributed by atoms with Crippen LogP contribution in [0.5, 0.6) is 0 Å². The summed E-state index contributed by atoms with van der Waals surface area (Å²) < 4.78 is 4.94. The minimum absolute atomic E-state index is 0.00126. The third kappa shape index (κ3) is 4.34. The van der Waals surface area contributed by atoms with Crippen LogP contribution in [0.15, 0.2) is 66.7 Å². The molecular formula is C31H28N4O5. The minimum atomic E-state index is -0.584. The maximum absolute atomic E-state index is 13.5. The predicted octanol–water partition coefficient (Wildman–Crippen LogP) is 4.10. The first-order valence-electron chi connectivity index (χ1n) is 13.1. The number of ether oxygens (including phenoxy) is 1. The highest BCUT2D eigenvalue weighted by Crippen LogP contribution is 2.34. The van der Waals surface area contributed by atoms with E-state index < -0.39 is 5.97 Å². The molecule has 1 atom stereocenters. The summed E-state index contributed by atoms with van der Waals surface area (Å²) in [4.78, 5) is 58.7. The van der Waals surface area contributed by atoms with Crippen LogP contribution in [0, 0.1) is 6.92 Å². The van der Waals surface area contributed by atoms with Crippen LogP contribution in [0.3, 0.4) is 0 Å². The molecule has 0 unspecified atom stereocenters. The van der Waals surface area contributed by atoms with Crippen LogP contribution in [-0.4, -0.2) is 65.2 Å². The van der Waals surface area contributed by atoms with Crippen LogP contribution in [0.1, 0.15) is 53.9 Å². The van der Waals surface area contributed by atoms with Gasteiger partial charge in [0.2, 0.25) is 5.91 Å². The second kappa shape index (κ2) is 10.1. The number of methoxy groups -OCH3 is 1. The molecule has 0 spiro atoms. The number of nitrogens with zero attached hydrogens (tertiary/aromatic N) is 2. The number of carbonyl (C=O) groups is 4. The van der Waals surface area contributed by atoms with Crippen LogP contribution in [0.25, 0.3) is 10.9 Å². The maximum Gasteiger partial charge on any atom is 0.356 e. The number of aromatic amines is 1. The number of aryl methyl sites for hydroxylation is 1. The third-order valence-electron chi connectivity index (χ3n) is 7.71. The molecule has 0 fully saturated rings. The van der Waals surface area contributed by atoms with Crippen LogP contribution >= 0.6 is 0 Å². The van der Waals surface area contributed by atoms with Gasteiger partial charge in [-0.15, -0.1) is 0 Å². The predicted molar refractivity (Wildman–Crippen MR) is 149 cm³/mol. The second-order valence-corrected chi connectivity index (χ2v) is 10.2. The number of rotatable bonds is 6. The molecule has 6 rings (SSSR count). The van der Waals surface area contributed by atoms with Crippen molar-refractivity contribution in [3.05, 3.63) is 100 Å². The number of aromatic nitrogens is 1. The number of hydrogen-bond donors (Lipinski definition) is 2. The summed E-state index contributed by atoms with van der Waals surface area (Å²) in [6.45, 7) is 2.62. The lowest BCUT2D eigenvalue weighted by Gasteiger charge is -2.38. The number of amides is 3. The Bertz CT molecular complexity index is 1660. The van der Waals surface area contributed by atoms with E-state index in [9.17, 15) is 19.2 Å². The Balaban J connectivity index is 1.29. The van der Waals surface area contributed by atoms with Crippen molar-refractivity contribution >= 4 is 40.3 Å². The van der Waals surface area contributed by atoms with Gasteiger partial charge in [-0.1, -0.05) is 48.0 Å². The molecular weight excluding hydrogens is 508 g/mol. The molecule has 2 N–H and O–H groups in total. The van der Waals surface area contributed by atoms with Crippen molar-refractivity contribution in [2.75, 3.05) is 32.1 Å². The normalized spacial score (nSPS) is 16.6. The fourth-order valence-corrected chi connectivity index (χ4v) is 5.74. The SMILES string of the molecule is COC(=O)c1[nH]c2ccc(C)cc2c1NC(=O)CN1CCc2ccccc2[C@H]1CN1C(=O)c2ccccc2C1=O. The van der Waals surface area contributed by atoms with Crippen molar-refractivity contribution in [1.29, 1.82) is 0 Å². The van der Waals surface area contributed by atoms with E-state index in [1.165, 1.54) is 12.0 Å². The lowest BCUT2D eigenvalue weighted by atomic mass is 9.92. The van der Waals surface area contributed by atoms with E-state index in [2.05, 4.69) is 10.3 Å².